The summed E-state index contributed by atoms with van der Waals surface area (Å²) < 4.78 is 0. The van der Waals surface area contributed by atoms with Crippen LogP contribution in [0.25, 0.3) is 28.0 Å². The molecule has 0 aromatic heterocycles. The van der Waals surface area contributed by atoms with Crippen LogP contribution in [-0.4, -0.2) is 11.9 Å². The molecule has 0 saturated carbocycles. The highest BCUT2D eigenvalue weighted by Gasteiger charge is 2.51. The molecule has 2 aliphatic heterocycles. The zero-order valence-electron chi connectivity index (χ0n) is 29.9. The summed E-state index contributed by atoms with van der Waals surface area (Å²) in [5.74, 6) is 0.949. The van der Waals surface area contributed by atoms with Crippen LogP contribution >= 0.6 is 11.8 Å². The molecule has 3 heteroatoms. The van der Waals surface area contributed by atoms with E-state index in [4.69, 9.17) is 4.99 Å². The molecule has 258 valence electrons. The number of fused-ring (bicyclic) bond motifs is 9. The van der Waals surface area contributed by atoms with Crippen LogP contribution < -0.4 is 5.32 Å². The van der Waals surface area contributed by atoms with Crippen molar-refractivity contribution < 1.29 is 0 Å². The summed E-state index contributed by atoms with van der Waals surface area (Å²) in [6, 6.07) is 56.2. The van der Waals surface area contributed by atoms with Crippen LogP contribution in [0.3, 0.4) is 0 Å². The molecule has 0 fully saturated rings. The van der Waals surface area contributed by atoms with Crippen LogP contribution in [0.1, 0.15) is 64.6 Å². The van der Waals surface area contributed by atoms with E-state index in [1.54, 1.807) is 5.57 Å². The molecule has 0 saturated heterocycles. The van der Waals surface area contributed by atoms with Gasteiger partial charge in [-0.15, -0.1) is 0 Å². The van der Waals surface area contributed by atoms with Crippen molar-refractivity contribution in [3.63, 3.8) is 0 Å². The minimum absolute atomic E-state index is 0.251. The maximum absolute atomic E-state index is 5.32. The first-order valence-electron chi connectivity index (χ1n) is 19.2. The van der Waals surface area contributed by atoms with Gasteiger partial charge in [0, 0.05) is 26.5 Å². The summed E-state index contributed by atoms with van der Waals surface area (Å²) in [4.78, 5) is 8.04. The fourth-order valence-corrected chi connectivity index (χ4v) is 10.8. The molecular weight excluding hydrogens is 673 g/mol. The molecule has 6 aromatic rings. The molecule has 1 unspecified atom stereocenters. The standard InChI is InChI=1S/C51H38N2S/c1-2-12-33(13-3-1)34-24-28-37(29-25-34)50-52-46-19-9-5-15-40(46)49(53-50)36-26-22-35(23-27-36)38-30-31-43-41(32-38)39-14-4-6-16-42(39)51(43)44-17-7-10-20-47(44)54-48-21-11-8-18-45(48)51/h1-8,10-18,20-29,32,46H,9,19,30-31H2,(H,52,53). The number of hydrogen-bond donors (Lipinski definition) is 1. The lowest BCUT2D eigenvalue weighted by Gasteiger charge is -2.41. The van der Waals surface area contributed by atoms with Gasteiger partial charge in [-0.2, -0.15) is 0 Å². The van der Waals surface area contributed by atoms with Gasteiger partial charge in [-0.3, -0.25) is 0 Å². The van der Waals surface area contributed by atoms with Crippen molar-refractivity contribution in [1.29, 1.82) is 0 Å². The molecule has 2 heterocycles. The van der Waals surface area contributed by atoms with Crippen molar-refractivity contribution in [2.45, 2.75) is 46.9 Å². The van der Waals surface area contributed by atoms with Gasteiger partial charge in [0.2, 0.25) is 0 Å². The number of rotatable bonds is 4. The Morgan fingerprint density at radius 3 is 1.94 bits per heavy atom. The second-order valence-corrected chi connectivity index (χ2v) is 16.0. The van der Waals surface area contributed by atoms with Gasteiger partial charge in [0.1, 0.15) is 5.84 Å². The number of nitrogens with one attached hydrogen (secondary N) is 1. The van der Waals surface area contributed by atoms with E-state index in [2.05, 4.69) is 175 Å². The first-order valence-corrected chi connectivity index (χ1v) is 20.0. The third-order valence-electron chi connectivity index (χ3n) is 12.1. The number of amidine groups is 1. The third kappa shape index (κ3) is 4.85. The first-order chi connectivity index (χ1) is 26.8. The van der Waals surface area contributed by atoms with Crippen LogP contribution in [0.4, 0.5) is 0 Å². The van der Waals surface area contributed by atoms with Crippen molar-refractivity contribution in [2.75, 3.05) is 0 Å². The number of aliphatic imine (C=N–C) groups is 1. The van der Waals surface area contributed by atoms with E-state index < -0.39 is 0 Å². The minimum atomic E-state index is -0.263. The zero-order chi connectivity index (χ0) is 35.6. The SMILES string of the molecule is C1=CC2=C(c3ccc(C4=CC5=C(CC4)C4(c6ccccc6Sc6ccccc64)c4ccccc45)cc3)N=C(c3ccc(-c4ccccc4)cc3)NC2CC1. The lowest BCUT2D eigenvalue weighted by Crippen LogP contribution is -2.40. The molecule has 6 aromatic carbocycles. The second-order valence-electron chi connectivity index (χ2n) is 14.9. The molecule has 2 nitrogen and oxygen atoms in total. The topological polar surface area (TPSA) is 24.4 Å². The molecule has 11 rings (SSSR count). The fraction of sp³-hybridized carbons (Fsp3) is 0.118. The van der Waals surface area contributed by atoms with E-state index in [-0.39, 0.29) is 11.5 Å². The van der Waals surface area contributed by atoms with E-state index in [0.717, 1.165) is 42.8 Å². The molecule has 54 heavy (non-hydrogen) atoms. The average Bonchev–Trinajstić information content (AvgIpc) is 3.54. The van der Waals surface area contributed by atoms with Gasteiger partial charge in [0.25, 0.3) is 0 Å². The Kier molecular flexibility index (Phi) is 7.38. The molecule has 1 spiro atoms. The Bertz CT molecular complexity index is 2590. The Labute approximate surface area is 321 Å². The van der Waals surface area contributed by atoms with Gasteiger partial charge >= 0.3 is 0 Å². The van der Waals surface area contributed by atoms with Crippen LogP contribution in [0.15, 0.2) is 196 Å². The van der Waals surface area contributed by atoms with Gasteiger partial charge in [-0.05, 0) is 93.5 Å². The number of nitrogens with zero attached hydrogens (tertiary/aromatic N) is 1. The lowest BCUT2D eigenvalue weighted by molar-refractivity contribution is 0.627. The Morgan fingerprint density at radius 1 is 0.574 bits per heavy atom. The normalized spacial score (nSPS) is 18.9. The summed E-state index contributed by atoms with van der Waals surface area (Å²) >= 11 is 1.91. The Hall–Kier alpha value is -5.90. The quantitative estimate of drug-likeness (QED) is 0.197. The van der Waals surface area contributed by atoms with Crippen molar-refractivity contribution in [2.24, 2.45) is 4.99 Å². The Balaban J connectivity index is 0.973. The molecular formula is C51H38N2S. The summed E-state index contributed by atoms with van der Waals surface area (Å²) in [6.45, 7) is 0. The van der Waals surface area contributed by atoms with Gasteiger partial charge in [-0.25, -0.2) is 4.99 Å². The maximum Gasteiger partial charge on any atom is 0.134 e. The Morgan fingerprint density at radius 2 is 1.19 bits per heavy atom. The highest BCUT2D eigenvalue weighted by Crippen LogP contribution is 2.63. The number of hydrogen-bond acceptors (Lipinski definition) is 3. The predicted octanol–water partition coefficient (Wildman–Crippen LogP) is 12.3. The summed E-state index contributed by atoms with van der Waals surface area (Å²) in [7, 11) is 0. The van der Waals surface area contributed by atoms with Crippen LogP contribution in [0.5, 0.6) is 0 Å². The van der Waals surface area contributed by atoms with E-state index in [9.17, 15) is 0 Å². The molecule has 0 radical (unpaired) electrons. The van der Waals surface area contributed by atoms with Crippen LogP contribution in [0, 0.1) is 0 Å². The second kappa shape index (κ2) is 12.6. The van der Waals surface area contributed by atoms with Crippen molar-refractivity contribution in [3.05, 3.63) is 220 Å². The molecule has 1 atom stereocenters. The van der Waals surface area contributed by atoms with Gasteiger partial charge in [0.15, 0.2) is 0 Å². The monoisotopic (exact) mass is 710 g/mol. The van der Waals surface area contributed by atoms with Crippen molar-refractivity contribution in [3.8, 4) is 11.1 Å². The molecule has 1 N–H and O–H groups in total. The van der Waals surface area contributed by atoms with E-state index >= 15 is 0 Å². The van der Waals surface area contributed by atoms with Crippen molar-refractivity contribution in [1.82, 2.24) is 5.32 Å². The largest absolute Gasteiger partial charge is 0.363 e. The van der Waals surface area contributed by atoms with Crippen LogP contribution in [0.2, 0.25) is 0 Å². The molecule has 5 aliphatic rings. The highest BCUT2D eigenvalue weighted by molar-refractivity contribution is 7.99. The van der Waals surface area contributed by atoms with E-state index in [0.29, 0.717) is 0 Å². The summed E-state index contributed by atoms with van der Waals surface area (Å²) in [5, 5.41) is 3.79. The smallest absolute Gasteiger partial charge is 0.134 e. The highest BCUT2D eigenvalue weighted by atomic mass is 32.2. The molecule has 0 bridgehead atoms. The number of allylic oxidation sites excluding steroid dienone is 5. The van der Waals surface area contributed by atoms with Gasteiger partial charge < -0.3 is 5.32 Å². The predicted molar refractivity (Wildman–Crippen MR) is 225 cm³/mol. The third-order valence-corrected chi connectivity index (χ3v) is 13.2. The summed E-state index contributed by atoms with van der Waals surface area (Å²) in [6.07, 6.45) is 11.3. The summed E-state index contributed by atoms with van der Waals surface area (Å²) in [5.41, 5.74) is 18.1. The maximum atomic E-state index is 5.32. The van der Waals surface area contributed by atoms with E-state index in [1.807, 2.05) is 11.8 Å². The minimum Gasteiger partial charge on any atom is -0.363 e. The lowest BCUT2D eigenvalue weighted by atomic mass is 9.65. The first kappa shape index (κ1) is 31.6. The fourth-order valence-electron chi connectivity index (χ4n) is 9.59. The van der Waals surface area contributed by atoms with Crippen molar-refractivity contribution >= 4 is 34.4 Å². The molecule has 3 aliphatic carbocycles. The zero-order valence-corrected chi connectivity index (χ0v) is 30.7. The number of benzene rings is 6. The van der Waals surface area contributed by atoms with Gasteiger partial charge in [-0.1, -0.05) is 170 Å². The molecule has 0 amide bonds. The average molecular weight is 711 g/mol. The van der Waals surface area contributed by atoms with Gasteiger partial charge in [0.05, 0.1) is 17.2 Å². The van der Waals surface area contributed by atoms with E-state index in [1.165, 1.54) is 71.0 Å². The van der Waals surface area contributed by atoms with Crippen LogP contribution in [-0.2, 0) is 5.41 Å².